The van der Waals surface area contributed by atoms with Crippen molar-refractivity contribution in [1.82, 2.24) is 10.6 Å². The minimum Gasteiger partial charge on any atom is -0.349 e. The Labute approximate surface area is 113 Å². The quantitative estimate of drug-likeness (QED) is 0.760. The number of hydrogen-bond donors (Lipinski definition) is 2. The number of carbonyl (C=O) groups is 1. The first kappa shape index (κ1) is 13.2. The number of rotatable bonds is 0. The third kappa shape index (κ3) is 2.11. The molecule has 1 aromatic rings. The molecule has 3 rings (SSSR count). The van der Waals surface area contributed by atoms with Gasteiger partial charge in [0.05, 0.1) is 16.8 Å². The van der Waals surface area contributed by atoms with Crippen LogP contribution in [-0.4, -0.2) is 31.7 Å². The third-order valence-corrected chi connectivity index (χ3v) is 3.67. The second-order valence-electron chi connectivity index (χ2n) is 4.92. The summed E-state index contributed by atoms with van der Waals surface area (Å²) in [5, 5.41) is 5.91. The smallest absolute Gasteiger partial charge is 0.349 e. The summed E-state index contributed by atoms with van der Waals surface area (Å²) in [5.74, 6) is -0.436. The lowest BCUT2D eigenvalue weighted by Gasteiger charge is -2.39. The lowest BCUT2D eigenvalue weighted by molar-refractivity contribution is -0.137. The Hall–Kier alpha value is -1.76. The lowest BCUT2D eigenvalue weighted by atomic mass is 10.0. The third-order valence-electron chi connectivity index (χ3n) is 3.67. The topological polar surface area (TPSA) is 44.4 Å². The molecule has 20 heavy (non-hydrogen) atoms. The van der Waals surface area contributed by atoms with Crippen LogP contribution in [0.3, 0.4) is 0 Å². The Morgan fingerprint density at radius 2 is 2.05 bits per heavy atom. The maximum atomic E-state index is 13.2. The van der Waals surface area contributed by atoms with Crippen molar-refractivity contribution in [2.75, 3.05) is 24.5 Å². The molecule has 1 fully saturated rings. The average molecular weight is 285 g/mol. The summed E-state index contributed by atoms with van der Waals surface area (Å²) in [6.45, 7) is 1.70. The summed E-state index contributed by atoms with van der Waals surface area (Å²) in [5.41, 5.74) is -0.632. The fraction of sp³-hybridized carbons (Fsp3) is 0.462. The van der Waals surface area contributed by atoms with Crippen molar-refractivity contribution in [3.63, 3.8) is 0 Å². The summed E-state index contributed by atoms with van der Waals surface area (Å²) in [6.07, 6.45) is -4.27. The van der Waals surface area contributed by atoms with E-state index in [4.69, 9.17) is 0 Å². The highest BCUT2D eigenvalue weighted by Gasteiger charge is 2.41. The van der Waals surface area contributed by atoms with Crippen LogP contribution in [-0.2, 0) is 6.18 Å². The van der Waals surface area contributed by atoms with Crippen molar-refractivity contribution in [2.24, 2.45) is 0 Å². The minimum atomic E-state index is -4.47. The largest absolute Gasteiger partial charge is 0.418 e. The highest BCUT2D eigenvalue weighted by Crippen LogP contribution is 2.40. The molecule has 2 N–H and O–H groups in total. The molecule has 1 aromatic carbocycles. The molecule has 1 saturated heterocycles. The van der Waals surface area contributed by atoms with Gasteiger partial charge in [-0.3, -0.25) is 4.79 Å². The predicted octanol–water partition coefficient (Wildman–Crippen LogP) is 1.57. The maximum Gasteiger partial charge on any atom is 0.418 e. The van der Waals surface area contributed by atoms with Crippen LogP contribution < -0.4 is 15.5 Å². The van der Waals surface area contributed by atoms with Crippen LogP contribution in [0.5, 0.6) is 0 Å². The van der Waals surface area contributed by atoms with Crippen molar-refractivity contribution in [1.29, 1.82) is 0 Å². The number of nitrogens with zero attached hydrogens (tertiary/aromatic N) is 1. The van der Waals surface area contributed by atoms with E-state index in [-0.39, 0.29) is 17.4 Å². The summed E-state index contributed by atoms with van der Waals surface area (Å²) in [7, 11) is 0. The fourth-order valence-electron chi connectivity index (χ4n) is 2.79. The van der Waals surface area contributed by atoms with Gasteiger partial charge in [-0.2, -0.15) is 13.2 Å². The van der Waals surface area contributed by atoms with Gasteiger partial charge in [0.25, 0.3) is 5.91 Å². The molecule has 4 nitrogen and oxygen atoms in total. The number of fused-ring (bicyclic) bond motifs is 3. The average Bonchev–Trinajstić information content (AvgIpc) is 2.62. The van der Waals surface area contributed by atoms with Gasteiger partial charge in [0.1, 0.15) is 6.17 Å². The molecular weight excluding hydrogens is 271 g/mol. The first-order valence-corrected chi connectivity index (χ1v) is 6.47. The number of benzene rings is 1. The fourth-order valence-corrected chi connectivity index (χ4v) is 2.79. The van der Waals surface area contributed by atoms with Gasteiger partial charge in [0.15, 0.2) is 0 Å². The number of amides is 1. The Kier molecular flexibility index (Phi) is 3.08. The van der Waals surface area contributed by atoms with E-state index in [2.05, 4.69) is 10.6 Å². The monoisotopic (exact) mass is 285 g/mol. The van der Waals surface area contributed by atoms with Gasteiger partial charge in [0, 0.05) is 13.1 Å². The van der Waals surface area contributed by atoms with Gasteiger partial charge in [-0.25, -0.2) is 0 Å². The maximum absolute atomic E-state index is 13.2. The number of carbonyl (C=O) groups excluding carboxylic acids is 1. The molecule has 0 spiro atoms. The molecule has 0 radical (unpaired) electrons. The molecule has 0 saturated carbocycles. The number of para-hydroxylation sites is 1. The number of halogens is 3. The van der Waals surface area contributed by atoms with Crippen molar-refractivity contribution < 1.29 is 18.0 Å². The molecule has 1 atom stereocenters. The Morgan fingerprint density at radius 3 is 2.80 bits per heavy atom. The van der Waals surface area contributed by atoms with Crippen molar-refractivity contribution in [3.8, 4) is 0 Å². The normalized spacial score (nSPS) is 22.6. The molecule has 0 bridgehead atoms. The number of alkyl halides is 3. The van der Waals surface area contributed by atoms with Crippen molar-refractivity contribution >= 4 is 11.6 Å². The standard InChI is InChI=1S/C13H14F3N3O/c14-13(15,16)9-3-1-2-8-11(9)19-7-6-17-5-4-10(19)18-12(8)20/h1-3,10,17H,4-7H2,(H,18,20). The zero-order valence-electron chi connectivity index (χ0n) is 10.6. The van der Waals surface area contributed by atoms with Crippen LogP contribution in [0.4, 0.5) is 18.9 Å². The Bertz CT molecular complexity index is 544. The zero-order chi connectivity index (χ0) is 14.3. The SMILES string of the molecule is O=C1NC2CCNCCN2c2c1cccc2C(F)(F)F. The molecule has 108 valence electrons. The van der Waals surface area contributed by atoms with Crippen molar-refractivity contribution in [2.45, 2.75) is 18.8 Å². The van der Waals surface area contributed by atoms with Gasteiger partial charge in [-0.1, -0.05) is 6.07 Å². The second-order valence-corrected chi connectivity index (χ2v) is 4.92. The van der Waals surface area contributed by atoms with Crippen LogP contribution >= 0.6 is 0 Å². The Morgan fingerprint density at radius 1 is 1.25 bits per heavy atom. The van der Waals surface area contributed by atoms with Crippen LogP contribution in [0.25, 0.3) is 0 Å². The van der Waals surface area contributed by atoms with Crippen LogP contribution in [0.1, 0.15) is 22.3 Å². The van der Waals surface area contributed by atoms with Crippen LogP contribution in [0, 0.1) is 0 Å². The second kappa shape index (κ2) is 4.66. The van der Waals surface area contributed by atoms with Crippen LogP contribution in [0.15, 0.2) is 18.2 Å². The lowest BCUT2D eigenvalue weighted by Crippen LogP contribution is -2.53. The van der Waals surface area contributed by atoms with Gasteiger partial charge in [-0.05, 0) is 25.1 Å². The van der Waals surface area contributed by atoms with E-state index in [1.807, 2.05) is 0 Å². The molecule has 1 unspecified atom stereocenters. The summed E-state index contributed by atoms with van der Waals surface area (Å²) >= 11 is 0. The highest BCUT2D eigenvalue weighted by atomic mass is 19.4. The van der Waals surface area contributed by atoms with E-state index in [0.717, 1.165) is 6.07 Å². The van der Waals surface area contributed by atoms with Gasteiger partial charge in [0.2, 0.25) is 0 Å². The van der Waals surface area contributed by atoms with Gasteiger partial charge < -0.3 is 15.5 Å². The highest BCUT2D eigenvalue weighted by molar-refractivity contribution is 6.02. The molecule has 7 heteroatoms. The van der Waals surface area contributed by atoms with E-state index in [0.29, 0.717) is 26.1 Å². The van der Waals surface area contributed by atoms with Gasteiger partial charge >= 0.3 is 6.18 Å². The minimum absolute atomic E-state index is 0.0115. The van der Waals surface area contributed by atoms with E-state index in [1.54, 1.807) is 4.90 Å². The molecule has 1 amide bonds. The molecule has 0 aromatic heterocycles. The Balaban J connectivity index is 2.16. The first-order valence-electron chi connectivity index (χ1n) is 6.47. The zero-order valence-corrected chi connectivity index (χ0v) is 10.6. The molecule has 2 heterocycles. The molecule has 2 aliphatic heterocycles. The number of anilines is 1. The number of hydrogen-bond acceptors (Lipinski definition) is 3. The van der Waals surface area contributed by atoms with Gasteiger partial charge in [-0.15, -0.1) is 0 Å². The number of nitrogens with one attached hydrogen (secondary N) is 2. The van der Waals surface area contributed by atoms with Crippen LogP contribution in [0.2, 0.25) is 0 Å². The first-order chi connectivity index (χ1) is 9.48. The molecular formula is C13H14F3N3O. The van der Waals surface area contributed by atoms with E-state index in [1.165, 1.54) is 12.1 Å². The molecule has 2 aliphatic rings. The van der Waals surface area contributed by atoms with E-state index >= 15 is 0 Å². The summed E-state index contributed by atoms with van der Waals surface area (Å²) in [6, 6.07) is 3.75. The summed E-state index contributed by atoms with van der Waals surface area (Å²) in [4.78, 5) is 13.7. The van der Waals surface area contributed by atoms with Crippen molar-refractivity contribution in [3.05, 3.63) is 29.3 Å². The summed E-state index contributed by atoms with van der Waals surface area (Å²) < 4.78 is 39.6. The predicted molar refractivity (Wildman–Crippen MR) is 67.5 cm³/mol. The van der Waals surface area contributed by atoms with E-state index in [9.17, 15) is 18.0 Å². The van der Waals surface area contributed by atoms with E-state index < -0.39 is 17.6 Å². The molecule has 0 aliphatic carbocycles.